The van der Waals surface area contributed by atoms with Crippen molar-refractivity contribution in [3.63, 3.8) is 0 Å². The number of aliphatic carboxylic acids is 1. The Balaban J connectivity index is 3.25. The summed E-state index contributed by atoms with van der Waals surface area (Å²) in [5, 5.41) is 8.90. The number of carboxylic acids is 1. The lowest BCUT2D eigenvalue weighted by atomic mass is 10.2. The van der Waals surface area contributed by atoms with Crippen molar-refractivity contribution in [3.8, 4) is 11.5 Å². The molecule has 0 aromatic heterocycles. The number of methoxy groups -OCH3 is 2. The van der Waals surface area contributed by atoms with E-state index in [1.165, 1.54) is 40.3 Å². The third-order valence-electron chi connectivity index (χ3n) is 3.08. The molecule has 124 valence electrons. The summed E-state index contributed by atoms with van der Waals surface area (Å²) < 4.78 is 36.7. The number of nitrogens with zero attached hydrogens (tertiary/aromatic N) is 1. The van der Waals surface area contributed by atoms with Gasteiger partial charge in [-0.3, -0.25) is 4.79 Å². The second kappa shape index (κ2) is 7.30. The van der Waals surface area contributed by atoms with E-state index in [-0.39, 0.29) is 17.2 Å². The molecule has 0 amide bonds. The fraction of sp³-hybridized carbons (Fsp3) is 0.462. The van der Waals surface area contributed by atoms with E-state index in [9.17, 15) is 13.2 Å². The molecule has 1 atom stereocenters. The van der Waals surface area contributed by atoms with Gasteiger partial charge in [0.05, 0.1) is 20.1 Å². The first-order valence-electron chi connectivity index (χ1n) is 6.25. The minimum Gasteiger partial charge on any atom is -0.493 e. The molecular weight excluding hydrogens is 378 g/mol. The van der Waals surface area contributed by atoms with E-state index in [0.29, 0.717) is 10.2 Å². The van der Waals surface area contributed by atoms with Gasteiger partial charge in [0.1, 0.15) is 4.90 Å². The van der Waals surface area contributed by atoms with Gasteiger partial charge in [-0.2, -0.15) is 0 Å². The highest BCUT2D eigenvalue weighted by Crippen LogP contribution is 2.36. The zero-order valence-electron chi connectivity index (χ0n) is 12.7. The van der Waals surface area contributed by atoms with Crippen molar-refractivity contribution in [2.45, 2.75) is 11.8 Å². The topological polar surface area (TPSA) is 93.1 Å². The highest BCUT2D eigenvalue weighted by atomic mass is 79.9. The Bertz CT molecular complexity index is 661. The van der Waals surface area contributed by atoms with Gasteiger partial charge in [0.15, 0.2) is 11.5 Å². The number of ether oxygens (including phenoxy) is 2. The van der Waals surface area contributed by atoms with Gasteiger partial charge in [-0.1, -0.05) is 6.92 Å². The summed E-state index contributed by atoms with van der Waals surface area (Å²) >= 11 is 3.19. The molecule has 0 saturated heterocycles. The molecule has 7 nitrogen and oxygen atoms in total. The van der Waals surface area contributed by atoms with E-state index >= 15 is 0 Å². The third-order valence-corrected chi connectivity index (χ3v) is 5.86. The first-order chi connectivity index (χ1) is 10.1. The summed E-state index contributed by atoms with van der Waals surface area (Å²) in [7, 11) is 0.308. The number of halogens is 1. The number of benzene rings is 1. The number of hydrogen-bond donors (Lipinski definition) is 1. The molecule has 0 aliphatic heterocycles. The minimum absolute atomic E-state index is 0.0229. The molecule has 1 rings (SSSR count). The summed E-state index contributed by atoms with van der Waals surface area (Å²) in [6.07, 6.45) is 0. The minimum atomic E-state index is -3.87. The summed E-state index contributed by atoms with van der Waals surface area (Å²) in [6.45, 7) is 1.30. The summed E-state index contributed by atoms with van der Waals surface area (Å²) in [4.78, 5) is 10.9. The molecule has 0 aliphatic carbocycles. The molecule has 9 heteroatoms. The average molecular weight is 396 g/mol. The van der Waals surface area contributed by atoms with Crippen molar-refractivity contribution in [1.29, 1.82) is 0 Å². The highest BCUT2D eigenvalue weighted by molar-refractivity contribution is 9.10. The molecule has 1 N–H and O–H groups in total. The summed E-state index contributed by atoms with van der Waals surface area (Å²) in [5.74, 6) is -1.23. The monoisotopic (exact) mass is 395 g/mol. The molecule has 0 radical (unpaired) electrons. The highest BCUT2D eigenvalue weighted by Gasteiger charge is 2.28. The van der Waals surface area contributed by atoms with E-state index < -0.39 is 21.9 Å². The number of hydrogen-bond acceptors (Lipinski definition) is 5. The van der Waals surface area contributed by atoms with Crippen LogP contribution < -0.4 is 9.47 Å². The van der Waals surface area contributed by atoms with Gasteiger partial charge in [0.2, 0.25) is 10.0 Å². The van der Waals surface area contributed by atoms with Gasteiger partial charge < -0.3 is 14.6 Å². The molecule has 0 fully saturated rings. The Morgan fingerprint density at radius 1 is 1.32 bits per heavy atom. The number of carbonyl (C=O) groups is 1. The molecule has 0 heterocycles. The van der Waals surface area contributed by atoms with Gasteiger partial charge in [-0.05, 0) is 22.0 Å². The molecular formula is C13H18BrNO6S. The Kier molecular flexibility index (Phi) is 6.21. The normalized spacial score (nSPS) is 13.0. The van der Waals surface area contributed by atoms with Crippen molar-refractivity contribution < 1.29 is 27.8 Å². The van der Waals surface area contributed by atoms with Crippen LogP contribution in [-0.4, -0.2) is 51.6 Å². The van der Waals surface area contributed by atoms with Gasteiger partial charge >= 0.3 is 5.97 Å². The standard InChI is InChI=1S/C13H18BrNO6S/c1-8(13(16)17)7-15(2)22(18,19)12-6-11(21-4)10(20-3)5-9(12)14/h5-6,8H,7H2,1-4H3,(H,16,17). The molecule has 0 bridgehead atoms. The molecule has 0 spiro atoms. The van der Waals surface area contributed by atoms with Crippen LogP contribution in [0.1, 0.15) is 6.92 Å². The Hall–Kier alpha value is -1.32. The predicted octanol–water partition coefficient (Wildman–Crippen LogP) is 1.81. The van der Waals surface area contributed by atoms with Crippen molar-refractivity contribution in [2.24, 2.45) is 5.92 Å². The van der Waals surface area contributed by atoms with Crippen LogP contribution in [0.15, 0.2) is 21.5 Å². The van der Waals surface area contributed by atoms with Gasteiger partial charge in [0, 0.05) is 24.1 Å². The molecule has 22 heavy (non-hydrogen) atoms. The fourth-order valence-corrected chi connectivity index (χ4v) is 4.02. The number of carboxylic acid groups (broad SMARTS) is 1. The van der Waals surface area contributed by atoms with E-state index in [1.807, 2.05) is 0 Å². The Morgan fingerprint density at radius 2 is 1.82 bits per heavy atom. The Labute approximate surface area is 138 Å². The molecule has 1 aromatic carbocycles. The van der Waals surface area contributed by atoms with Crippen molar-refractivity contribution >= 4 is 31.9 Å². The molecule has 0 aliphatic rings. The largest absolute Gasteiger partial charge is 0.493 e. The zero-order valence-corrected chi connectivity index (χ0v) is 15.1. The zero-order chi connectivity index (χ0) is 17.1. The maximum absolute atomic E-state index is 12.6. The first kappa shape index (κ1) is 18.7. The van der Waals surface area contributed by atoms with Crippen molar-refractivity contribution in [2.75, 3.05) is 27.8 Å². The van der Waals surface area contributed by atoms with Crippen LogP contribution >= 0.6 is 15.9 Å². The third kappa shape index (κ3) is 3.90. The van der Waals surface area contributed by atoms with E-state index in [4.69, 9.17) is 14.6 Å². The van der Waals surface area contributed by atoms with Crippen LogP contribution in [-0.2, 0) is 14.8 Å². The van der Waals surface area contributed by atoms with Crippen LogP contribution in [0.25, 0.3) is 0 Å². The van der Waals surface area contributed by atoms with Crippen LogP contribution in [0.3, 0.4) is 0 Å². The maximum atomic E-state index is 12.6. The van der Waals surface area contributed by atoms with Crippen LogP contribution in [0.4, 0.5) is 0 Å². The smallest absolute Gasteiger partial charge is 0.307 e. The maximum Gasteiger partial charge on any atom is 0.307 e. The summed E-state index contributed by atoms with van der Waals surface area (Å²) in [5.41, 5.74) is 0. The second-order valence-corrected chi connectivity index (χ2v) is 7.53. The van der Waals surface area contributed by atoms with Crippen molar-refractivity contribution in [3.05, 3.63) is 16.6 Å². The van der Waals surface area contributed by atoms with E-state index in [0.717, 1.165) is 4.31 Å². The average Bonchev–Trinajstić information content (AvgIpc) is 2.46. The van der Waals surface area contributed by atoms with Crippen molar-refractivity contribution in [1.82, 2.24) is 4.31 Å². The SMILES string of the molecule is COc1cc(Br)c(S(=O)(=O)N(C)CC(C)C(=O)O)cc1OC. The van der Waals surface area contributed by atoms with Crippen LogP contribution in [0.2, 0.25) is 0 Å². The lowest BCUT2D eigenvalue weighted by Gasteiger charge is -2.21. The molecule has 1 unspecified atom stereocenters. The Morgan fingerprint density at radius 3 is 2.27 bits per heavy atom. The van der Waals surface area contributed by atoms with Crippen LogP contribution in [0.5, 0.6) is 11.5 Å². The van der Waals surface area contributed by atoms with Gasteiger partial charge in [-0.25, -0.2) is 12.7 Å². The number of rotatable bonds is 7. The van der Waals surface area contributed by atoms with Crippen LogP contribution in [0, 0.1) is 5.92 Å². The van der Waals surface area contributed by atoms with Gasteiger partial charge in [-0.15, -0.1) is 0 Å². The van der Waals surface area contributed by atoms with E-state index in [1.54, 1.807) is 0 Å². The first-order valence-corrected chi connectivity index (χ1v) is 8.49. The summed E-state index contributed by atoms with van der Waals surface area (Å²) in [6, 6.07) is 2.82. The molecule has 0 saturated carbocycles. The number of sulfonamides is 1. The quantitative estimate of drug-likeness (QED) is 0.756. The predicted molar refractivity (Wildman–Crippen MR) is 83.9 cm³/mol. The van der Waals surface area contributed by atoms with Gasteiger partial charge in [0.25, 0.3) is 0 Å². The lowest BCUT2D eigenvalue weighted by molar-refractivity contribution is -0.141. The lowest BCUT2D eigenvalue weighted by Crippen LogP contribution is -2.33. The van der Waals surface area contributed by atoms with E-state index in [2.05, 4.69) is 15.9 Å². The molecule has 1 aromatic rings. The second-order valence-electron chi connectivity index (χ2n) is 4.66. The fourth-order valence-electron chi connectivity index (χ4n) is 1.76.